The van der Waals surface area contributed by atoms with E-state index in [0.717, 1.165) is 4.31 Å². The average molecular weight is 586 g/mol. The van der Waals surface area contributed by atoms with Crippen LogP contribution in [0.5, 0.6) is 5.75 Å². The minimum Gasteiger partial charge on any atom is -0.490 e. The van der Waals surface area contributed by atoms with E-state index in [1.54, 1.807) is 18.2 Å². The third kappa shape index (κ3) is 7.18. The Bertz CT molecular complexity index is 1430. The van der Waals surface area contributed by atoms with E-state index in [9.17, 15) is 23.3 Å². The van der Waals surface area contributed by atoms with Crippen LogP contribution in [0.25, 0.3) is 0 Å². The van der Waals surface area contributed by atoms with Crippen molar-refractivity contribution in [2.75, 3.05) is 13.7 Å². The van der Waals surface area contributed by atoms with Crippen molar-refractivity contribution >= 4 is 62.6 Å². The van der Waals surface area contributed by atoms with Crippen LogP contribution < -0.4 is 10.2 Å². The molecular weight excluding hydrogens is 567 g/mol. The Morgan fingerprint density at radius 3 is 2.35 bits per heavy atom. The van der Waals surface area contributed by atoms with Crippen molar-refractivity contribution in [3.05, 3.63) is 97.0 Å². The highest BCUT2D eigenvalue weighted by Crippen LogP contribution is 2.29. The normalized spacial score (nSPS) is 11.6. The Morgan fingerprint density at radius 2 is 1.76 bits per heavy atom. The van der Waals surface area contributed by atoms with E-state index in [0.29, 0.717) is 16.1 Å². The number of nitrogens with one attached hydrogen (secondary N) is 1. The average Bonchev–Trinajstić information content (AvgIpc) is 2.85. The number of carbonyl (C=O) groups excluding carboxylic acids is 1. The van der Waals surface area contributed by atoms with E-state index in [1.807, 2.05) is 0 Å². The first kappa shape index (κ1) is 28.4. The summed E-state index contributed by atoms with van der Waals surface area (Å²) in [5.74, 6) is -0.715. The summed E-state index contributed by atoms with van der Waals surface area (Å²) in [6, 6.07) is 14.2. The lowest BCUT2D eigenvalue weighted by atomic mass is 10.2. The van der Waals surface area contributed by atoms with Crippen molar-refractivity contribution in [2.24, 2.45) is 5.10 Å². The molecule has 0 radical (unpaired) electrons. The lowest BCUT2D eigenvalue weighted by molar-refractivity contribution is -0.385. The van der Waals surface area contributed by atoms with Crippen molar-refractivity contribution < 1.29 is 22.9 Å². The molecule has 14 heteroatoms. The van der Waals surface area contributed by atoms with Gasteiger partial charge in [0.2, 0.25) is 10.0 Å². The van der Waals surface area contributed by atoms with Gasteiger partial charge in [0.05, 0.1) is 29.7 Å². The molecule has 3 rings (SSSR count). The molecule has 1 N–H and O–H groups in total. The minimum atomic E-state index is -4.19. The van der Waals surface area contributed by atoms with E-state index in [4.69, 9.17) is 39.5 Å². The van der Waals surface area contributed by atoms with Crippen molar-refractivity contribution in [3.63, 3.8) is 0 Å². The minimum absolute atomic E-state index is 0.0625. The summed E-state index contributed by atoms with van der Waals surface area (Å²) in [5.41, 5.74) is 2.56. The first-order valence-electron chi connectivity index (χ1n) is 10.4. The van der Waals surface area contributed by atoms with Gasteiger partial charge in [-0.15, -0.1) is 0 Å². The first-order chi connectivity index (χ1) is 17.5. The molecule has 0 atom stereocenters. The fourth-order valence-electron chi connectivity index (χ4n) is 3.15. The lowest BCUT2D eigenvalue weighted by Gasteiger charge is -2.22. The van der Waals surface area contributed by atoms with Crippen molar-refractivity contribution in [2.45, 2.75) is 11.4 Å². The van der Waals surface area contributed by atoms with Crippen LogP contribution in [0.1, 0.15) is 11.1 Å². The Labute approximate surface area is 227 Å². The van der Waals surface area contributed by atoms with Crippen LogP contribution in [0.4, 0.5) is 5.69 Å². The maximum Gasteiger partial charge on any atom is 0.311 e. The third-order valence-electron chi connectivity index (χ3n) is 4.97. The van der Waals surface area contributed by atoms with Crippen molar-refractivity contribution in [1.29, 1.82) is 0 Å². The number of hydrogen-bond acceptors (Lipinski definition) is 7. The number of benzene rings is 3. The SMILES string of the molecule is COc1ccc(/C=N\NC(=O)CN(Cc2c(Cl)cccc2Cl)S(=O)(=O)c2ccc(Cl)cc2)cc1[N+](=O)[O-]. The first-order valence-corrected chi connectivity index (χ1v) is 12.9. The van der Waals surface area contributed by atoms with E-state index in [1.165, 1.54) is 55.8 Å². The van der Waals surface area contributed by atoms with Gasteiger partial charge in [0, 0.05) is 38.8 Å². The van der Waals surface area contributed by atoms with Crippen LogP contribution in [0.2, 0.25) is 15.1 Å². The highest BCUT2D eigenvalue weighted by Gasteiger charge is 2.28. The van der Waals surface area contributed by atoms with Gasteiger partial charge < -0.3 is 4.74 Å². The quantitative estimate of drug-likeness (QED) is 0.204. The number of nitro benzene ring substituents is 1. The summed E-state index contributed by atoms with van der Waals surface area (Å²) in [6.07, 6.45) is 1.17. The second-order valence-corrected chi connectivity index (χ2v) is 10.6. The molecule has 0 aromatic heterocycles. The Kier molecular flexibility index (Phi) is 9.46. The fraction of sp³-hybridized carbons (Fsp3) is 0.130. The van der Waals surface area contributed by atoms with Crippen LogP contribution >= 0.6 is 34.8 Å². The number of nitro groups is 1. The maximum atomic E-state index is 13.4. The van der Waals surface area contributed by atoms with E-state index < -0.39 is 27.4 Å². The number of methoxy groups -OCH3 is 1. The van der Waals surface area contributed by atoms with Crippen LogP contribution in [0.15, 0.2) is 70.7 Å². The number of amides is 1. The van der Waals surface area contributed by atoms with Crippen LogP contribution in [-0.4, -0.2) is 43.4 Å². The molecule has 10 nitrogen and oxygen atoms in total. The van der Waals surface area contributed by atoms with Crippen LogP contribution in [0.3, 0.4) is 0 Å². The van der Waals surface area contributed by atoms with Gasteiger partial charge in [0.25, 0.3) is 5.91 Å². The molecule has 3 aromatic carbocycles. The molecule has 1 amide bonds. The molecule has 194 valence electrons. The van der Waals surface area contributed by atoms with Gasteiger partial charge in [-0.3, -0.25) is 14.9 Å². The molecule has 0 aliphatic rings. The zero-order valence-corrected chi connectivity index (χ0v) is 22.2. The molecule has 0 saturated carbocycles. The molecule has 0 aliphatic carbocycles. The monoisotopic (exact) mass is 584 g/mol. The number of hydrogen-bond donors (Lipinski definition) is 1. The van der Waals surface area contributed by atoms with E-state index in [2.05, 4.69) is 10.5 Å². The number of carbonyl (C=O) groups is 1. The molecule has 0 heterocycles. The standard InChI is InChI=1S/C23H19Cl3N4O6S/c1-36-22-10-5-15(11-21(22)30(32)33)12-27-28-23(31)14-29(13-18-19(25)3-2-4-20(18)26)37(34,35)17-8-6-16(24)7-9-17/h2-12H,13-14H2,1H3,(H,28,31)/b27-12-. The van der Waals surface area contributed by atoms with E-state index >= 15 is 0 Å². The van der Waals surface area contributed by atoms with Crippen molar-refractivity contribution in [1.82, 2.24) is 9.73 Å². The van der Waals surface area contributed by atoms with E-state index in [-0.39, 0.29) is 32.9 Å². The number of hydrazone groups is 1. The zero-order chi connectivity index (χ0) is 27.2. The highest BCUT2D eigenvalue weighted by atomic mass is 35.5. The predicted molar refractivity (Wildman–Crippen MR) is 141 cm³/mol. The summed E-state index contributed by atoms with van der Waals surface area (Å²) < 4.78 is 32.6. The molecule has 3 aromatic rings. The summed E-state index contributed by atoms with van der Waals surface area (Å²) in [6.45, 7) is -0.933. The largest absolute Gasteiger partial charge is 0.490 e. The second-order valence-electron chi connectivity index (χ2n) is 7.41. The molecule has 0 saturated heterocycles. The summed E-state index contributed by atoms with van der Waals surface area (Å²) in [7, 11) is -2.89. The molecular formula is C23H19Cl3N4O6S. The molecule has 0 spiro atoms. The molecule has 37 heavy (non-hydrogen) atoms. The van der Waals surface area contributed by atoms with Gasteiger partial charge in [-0.25, -0.2) is 13.8 Å². The third-order valence-corrected chi connectivity index (χ3v) is 7.74. The van der Waals surface area contributed by atoms with Crippen molar-refractivity contribution in [3.8, 4) is 5.75 Å². The van der Waals surface area contributed by atoms with Crippen LogP contribution in [0, 0.1) is 10.1 Å². The van der Waals surface area contributed by atoms with Crippen LogP contribution in [-0.2, 0) is 21.4 Å². The van der Waals surface area contributed by atoms with Gasteiger partial charge >= 0.3 is 5.69 Å². The number of sulfonamides is 1. The summed E-state index contributed by atoms with van der Waals surface area (Å²) in [5, 5.41) is 15.8. The zero-order valence-electron chi connectivity index (χ0n) is 19.1. The van der Waals surface area contributed by atoms with Gasteiger partial charge in [0.1, 0.15) is 0 Å². The van der Waals surface area contributed by atoms with Gasteiger partial charge in [-0.1, -0.05) is 40.9 Å². The lowest BCUT2D eigenvalue weighted by Crippen LogP contribution is -2.39. The second kappa shape index (κ2) is 12.3. The topological polar surface area (TPSA) is 131 Å². The Hall–Kier alpha value is -3.22. The fourth-order valence-corrected chi connectivity index (χ4v) is 5.15. The highest BCUT2D eigenvalue weighted by molar-refractivity contribution is 7.89. The number of nitrogens with zero attached hydrogens (tertiary/aromatic N) is 3. The van der Waals surface area contributed by atoms with Gasteiger partial charge in [-0.2, -0.15) is 9.41 Å². The summed E-state index contributed by atoms with van der Waals surface area (Å²) >= 11 is 18.3. The molecule has 0 unspecified atom stereocenters. The Balaban J connectivity index is 1.83. The van der Waals surface area contributed by atoms with Gasteiger partial charge in [0.15, 0.2) is 5.75 Å². The predicted octanol–water partition coefficient (Wildman–Crippen LogP) is 4.90. The maximum absolute atomic E-state index is 13.4. The molecule has 0 fully saturated rings. The molecule has 0 aliphatic heterocycles. The molecule has 0 bridgehead atoms. The summed E-state index contributed by atoms with van der Waals surface area (Å²) in [4.78, 5) is 23.1. The Morgan fingerprint density at radius 1 is 1.11 bits per heavy atom. The smallest absolute Gasteiger partial charge is 0.311 e. The number of halogens is 3. The van der Waals surface area contributed by atoms with Gasteiger partial charge in [-0.05, 0) is 48.5 Å². The number of rotatable bonds is 10. The number of ether oxygens (including phenoxy) is 1.